The van der Waals surface area contributed by atoms with Crippen LogP contribution < -0.4 is 5.32 Å². The van der Waals surface area contributed by atoms with E-state index in [1.54, 1.807) is 0 Å². The minimum absolute atomic E-state index is 0.0332. The summed E-state index contributed by atoms with van der Waals surface area (Å²) in [5, 5.41) is 3.68. The minimum atomic E-state index is 0.0332. The summed E-state index contributed by atoms with van der Waals surface area (Å²) >= 11 is 5.93. The van der Waals surface area contributed by atoms with E-state index in [1.807, 2.05) is 48.5 Å². The molecule has 0 heterocycles. The molecule has 0 saturated carbocycles. The van der Waals surface area contributed by atoms with Crippen LogP contribution in [0.15, 0.2) is 48.5 Å². The average molecular weight is 288 g/mol. The molecule has 1 N–H and O–H groups in total. The summed E-state index contributed by atoms with van der Waals surface area (Å²) in [5.41, 5.74) is 3.14. The van der Waals surface area contributed by atoms with E-state index in [2.05, 4.69) is 12.2 Å². The molecule has 0 aliphatic rings. The molecule has 2 rings (SSSR count). The number of carbonyl (C=O) groups is 1. The molecule has 2 aromatic carbocycles. The third kappa shape index (κ3) is 4.10. The summed E-state index contributed by atoms with van der Waals surface area (Å²) < 4.78 is 0. The molecule has 0 unspecified atom stereocenters. The van der Waals surface area contributed by atoms with Crippen molar-refractivity contribution in [1.29, 1.82) is 0 Å². The fourth-order valence-electron chi connectivity index (χ4n) is 2.11. The fourth-order valence-corrected chi connectivity index (χ4v) is 2.33. The van der Waals surface area contributed by atoms with Gasteiger partial charge in [-0.05, 0) is 42.2 Å². The highest BCUT2D eigenvalue weighted by molar-refractivity contribution is 6.30. The minimum Gasteiger partial charge on any atom is -0.326 e. The van der Waals surface area contributed by atoms with Crippen molar-refractivity contribution in [3.8, 4) is 0 Å². The van der Waals surface area contributed by atoms with Gasteiger partial charge in [0, 0.05) is 17.1 Å². The van der Waals surface area contributed by atoms with Gasteiger partial charge in [-0.1, -0.05) is 48.9 Å². The Labute approximate surface area is 124 Å². The largest absolute Gasteiger partial charge is 0.326 e. The topological polar surface area (TPSA) is 29.1 Å². The maximum Gasteiger partial charge on any atom is 0.224 e. The highest BCUT2D eigenvalue weighted by atomic mass is 35.5. The molecule has 0 bridgehead atoms. The average Bonchev–Trinajstić information content (AvgIpc) is 2.46. The molecule has 104 valence electrons. The zero-order valence-corrected chi connectivity index (χ0v) is 12.3. The zero-order chi connectivity index (χ0) is 14.4. The van der Waals surface area contributed by atoms with Gasteiger partial charge in [0.2, 0.25) is 5.91 Å². The molecule has 0 saturated heterocycles. The predicted molar refractivity (Wildman–Crippen MR) is 84.2 cm³/mol. The lowest BCUT2D eigenvalue weighted by Gasteiger charge is -2.09. The van der Waals surface area contributed by atoms with Crippen LogP contribution in [0.3, 0.4) is 0 Å². The molecule has 0 aliphatic carbocycles. The fraction of sp³-hybridized carbons (Fsp3) is 0.235. The molecule has 0 spiro atoms. The Morgan fingerprint density at radius 3 is 2.70 bits per heavy atom. The lowest BCUT2D eigenvalue weighted by molar-refractivity contribution is -0.116. The van der Waals surface area contributed by atoms with Gasteiger partial charge in [0.1, 0.15) is 0 Å². The predicted octanol–water partition coefficient (Wildman–Crippen LogP) is 4.47. The van der Waals surface area contributed by atoms with Gasteiger partial charge in [0.25, 0.3) is 0 Å². The third-order valence-corrected chi connectivity index (χ3v) is 3.44. The van der Waals surface area contributed by atoms with Gasteiger partial charge >= 0.3 is 0 Å². The van der Waals surface area contributed by atoms with Crippen molar-refractivity contribution in [2.75, 3.05) is 5.32 Å². The number of amides is 1. The maximum atomic E-state index is 12.0. The van der Waals surface area contributed by atoms with Crippen LogP contribution in [0.2, 0.25) is 5.02 Å². The second-order valence-corrected chi connectivity index (χ2v) is 5.13. The number of hydrogen-bond acceptors (Lipinski definition) is 1. The van der Waals surface area contributed by atoms with E-state index in [0.717, 1.165) is 23.2 Å². The lowest BCUT2D eigenvalue weighted by Crippen LogP contribution is -2.13. The molecule has 0 aromatic heterocycles. The van der Waals surface area contributed by atoms with E-state index in [9.17, 15) is 4.79 Å². The number of anilines is 1. The highest BCUT2D eigenvalue weighted by Crippen LogP contribution is 2.16. The number of aryl methyl sites for hydroxylation is 2. The third-order valence-electron chi connectivity index (χ3n) is 3.20. The van der Waals surface area contributed by atoms with Gasteiger partial charge in [-0.3, -0.25) is 4.79 Å². The lowest BCUT2D eigenvalue weighted by atomic mass is 10.1. The molecular formula is C17H18ClNO. The molecular weight excluding hydrogens is 270 g/mol. The number of halogens is 1. The molecule has 0 aliphatic heterocycles. The number of benzene rings is 2. The molecule has 2 nitrogen and oxygen atoms in total. The molecule has 20 heavy (non-hydrogen) atoms. The van der Waals surface area contributed by atoms with E-state index < -0.39 is 0 Å². The van der Waals surface area contributed by atoms with Crippen molar-refractivity contribution in [2.24, 2.45) is 0 Å². The Kier molecular flexibility index (Phi) is 5.19. The van der Waals surface area contributed by atoms with Gasteiger partial charge in [-0.2, -0.15) is 0 Å². The quantitative estimate of drug-likeness (QED) is 0.863. The summed E-state index contributed by atoms with van der Waals surface area (Å²) in [6, 6.07) is 15.5. The van der Waals surface area contributed by atoms with Crippen LogP contribution in [-0.4, -0.2) is 5.91 Å². The van der Waals surface area contributed by atoms with Crippen molar-refractivity contribution < 1.29 is 4.79 Å². The van der Waals surface area contributed by atoms with Crippen molar-refractivity contribution in [1.82, 2.24) is 0 Å². The molecule has 0 atom stereocenters. The van der Waals surface area contributed by atoms with Crippen LogP contribution in [0.5, 0.6) is 0 Å². The van der Waals surface area contributed by atoms with Crippen LogP contribution in [0.4, 0.5) is 5.69 Å². The van der Waals surface area contributed by atoms with E-state index in [4.69, 9.17) is 11.6 Å². The first-order valence-electron chi connectivity index (χ1n) is 6.81. The second-order valence-electron chi connectivity index (χ2n) is 4.69. The zero-order valence-electron chi connectivity index (χ0n) is 11.5. The van der Waals surface area contributed by atoms with E-state index in [1.165, 1.54) is 0 Å². The molecule has 3 heteroatoms. The summed E-state index contributed by atoms with van der Waals surface area (Å²) in [6.45, 7) is 2.08. The number of carbonyl (C=O) groups excluding carboxylic acids is 1. The van der Waals surface area contributed by atoms with Gasteiger partial charge in [-0.15, -0.1) is 0 Å². The monoisotopic (exact) mass is 287 g/mol. The first kappa shape index (κ1) is 14.6. The molecule has 2 aromatic rings. The molecule has 0 radical (unpaired) electrons. The second kappa shape index (κ2) is 7.11. The van der Waals surface area contributed by atoms with Crippen LogP contribution in [0.25, 0.3) is 0 Å². The van der Waals surface area contributed by atoms with Crippen LogP contribution in [0.1, 0.15) is 24.5 Å². The maximum absolute atomic E-state index is 12.0. The first-order chi connectivity index (χ1) is 9.69. The van der Waals surface area contributed by atoms with Gasteiger partial charge in [0.15, 0.2) is 0 Å². The summed E-state index contributed by atoms with van der Waals surface area (Å²) in [6.07, 6.45) is 2.06. The van der Waals surface area contributed by atoms with Gasteiger partial charge < -0.3 is 5.32 Å². The van der Waals surface area contributed by atoms with E-state index >= 15 is 0 Å². The van der Waals surface area contributed by atoms with Crippen LogP contribution >= 0.6 is 11.6 Å². The smallest absolute Gasteiger partial charge is 0.224 e. The van der Waals surface area contributed by atoms with Gasteiger partial charge in [-0.25, -0.2) is 0 Å². The number of nitrogens with one attached hydrogen (secondary N) is 1. The van der Waals surface area contributed by atoms with Crippen LogP contribution in [-0.2, 0) is 17.6 Å². The van der Waals surface area contributed by atoms with Crippen molar-refractivity contribution in [3.63, 3.8) is 0 Å². The highest BCUT2D eigenvalue weighted by Gasteiger charge is 2.06. The SMILES string of the molecule is CCc1ccccc1NC(=O)CCc1cccc(Cl)c1. The Morgan fingerprint density at radius 1 is 1.15 bits per heavy atom. The molecule has 1 amide bonds. The summed E-state index contributed by atoms with van der Waals surface area (Å²) in [5.74, 6) is 0.0332. The Hall–Kier alpha value is -1.80. The van der Waals surface area contributed by atoms with Gasteiger partial charge in [0.05, 0.1) is 0 Å². The Balaban J connectivity index is 1.93. The standard InChI is InChI=1S/C17H18ClNO/c1-2-14-7-3-4-9-16(14)19-17(20)11-10-13-6-5-8-15(18)12-13/h3-9,12H,2,10-11H2,1H3,(H,19,20). The molecule has 0 fully saturated rings. The number of hydrogen-bond donors (Lipinski definition) is 1. The Bertz CT molecular complexity index is 595. The summed E-state index contributed by atoms with van der Waals surface area (Å²) in [4.78, 5) is 12.0. The van der Waals surface area contributed by atoms with Crippen molar-refractivity contribution in [2.45, 2.75) is 26.2 Å². The van der Waals surface area contributed by atoms with E-state index in [-0.39, 0.29) is 5.91 Å². The van der Waals surface area contributed by atoms with Crippen molar-refractivity contribution >= 4 is 23.2 Å². The normalized spacial score (nSPS) is 10.3. The first-order valence-corrected chi connectivity index (χ1v) is 7.19. The number of para-hydroxylation sites is 1. The van der Waals surface area contributed by atoms with Crippen LogP contribution in [0, 0.1) is 0 Å². The number of rotatable bonds is 5. The van der Waals surface area contributed by atoms with E-state index in [0.29, 0.717) is 17.9 Å². The Morgan fingerprint density at radius 2 is 1.95 bits per heavy atom. The summed E-state index contributed by atoms with van der Waals surface area (Å²) in [7, 11) is 0. The van der Waals surface area contributed by atoms with Crippen molar-refractivity contribution in [3.05, 3.63) is 64.7 Å².